The third-order valence-electron chi connectivity index (χ3n) is 2.67. The van der Waals surface area contributed by atoms with Gasteiger partial charge in [0.15, 0.2) is 5.17 Å². The lowest BCUT2D eigenvalue weighted by Crippen LogP contribution is -2.36. The highest BCUT2D eigenvalue weighted by Crippen LogP contribution is 2.23. The van der Waals surface area contributed by atoms with Gasteiger partial charge in [0.25, 0.3) is 0 Å². The predicted octanol–water partition coefficient (Wildman–Crippen LogP) is 1.13. The highest BCUT2D eigenvalue weighted by molar-refractivity contribution is 8.14. The Kier molecular flexibility index (Phi) is 4.09. The van der Waals surface area contributed by atoms with E-state index < -0.39 is 0 Å². The van der Waals surface area contributed by atoms with Crippen LogP contribution < -0.4 is 10.6 Å². The Balaban J connectivity index is 1.61. The van der Waals surface area contributed by atoms with E-state index in [0.717, 1.165) is 24.6 Å². The molecule has 0 radical (unpaired) electrons. The summed E-state index contributed by atoms with van der Waals surface area (Å²) >= 11 is 1.77. The Morgan fingerprint density at radius 3 is 3.06 bits per heavy atom. The van der Waals surface area contributed by atoms with Crippen LogP contribution in [0, 0.1) is 0 Å². The number of thioether (sulfide) groups is 1. The molecule has 0 aromatic heterocycles. The van der Waals surface area contributed by atoms with Crippen molar-refractivity contribution < 1.29 is 4.79 Å². The van der Waals surface area contributed by atoms with E-state index in [4.69, 9.17) is 0 Å². The van der Waals surface area contributed by atoms with Crippen molar-refractivity contribution in [3.63, 3.8) is 0 Å². The van der Waals surface area contributed by atoms with Crippen molar-refractivity contribution in [3.8, 4) is 0 Å². The molecule has 90 valence electrons. The summed E-state index contributed by atoms with van der Waals surface area (Å²) in [6.07, 6.45) is 4.68. The number of aliphatic imine (C=N–C) groups is 1. The number of amidine groups is 1. The van der Waals surface area contributed by atoms with Crippen molar-refractivity contribution in [2.24, 2.45) is 4.99 Å². The summed E-state index contributed by atoms with van der Waals surface area (Å²) in [5.41, 5.74) is 0. The van der Waals surface area contributed by atoms with Gasteiger partial charge in [0.05, 0.1) is 13.1 Å². The van der Waals surface area contributed by atoms with Crippen LogP contribution in [0.3, 0.4) is 0 Å². The first kappa shape index (κ1) is 11.8. The quantitative estimate of drug-likeness (QED) is 0.758. The van der Waals surface area contributed by atoms with Gasteiger partial charge in [-0.05, 0) is 19.3 Å². The standard InChI is InChI=1S/C11H19N3OS/c1-2-3-9-6-12-11(16-9)13-7-10(15)14-8-4-5-8/h8-9H,2-7H2,1H3,(H,12,13)(H,14,15). The first-order valence-corrected chi connectivity index (χ1v) is 6.90. The average Bonchev–Trinajstić information content (AvgIpc) is 2.95. The van der Waals surface area contributed by atoms with E-state index in [0.29, 0.717) is 17.8 Å². The van der Waals surface area contributed by atoms with Crippen LogP contribution in [0.15, 0.2) is 4.99 Å². The second-order valence-electron chi connectivity index (χ2n) is 4.37. The highest BCUT2D eigenvalue weighted by Gasteiger charge is 2.24. The van der Waals surface area contributed by atoms with Gasteiger partial charge in [0.1, 0.15) is 0 Å². The monoisotopic (exact) mass is 241 g/mol. The molecule has 0 bridgehead atoms. The number of hydrogen-bond donors (Lipinski definition) is 2. The first-order chi connectivity index (χ1) is 7.78. The summed E-state index contributed by atoms with van der Waals surface area (Å²) in [6.45, 7) is 3.45. The molecule has 2 aliphatic rings. The van der Waals surface area contributed by atoms with Gasteiger partial charge in [-0.1, -0.05) is 25.1 Å². The van der Waals surface area contributed by atoms with Gasteiger partial charge in [0, 0.05) is 11.3 Å². The van der Waals surface area contributed by atoms with Gasteiger partial charge < -0.3 is 10.6 Å². The molecule has 1 aliphatic heterocycles. The third kappa shape index (κ3) is 3.70. The van der Waals surface area contributed by atoms with E-state index in [9.17, 15) is 4.79 Å². The lowest BCUT2D eigenvalue weighted by molar-refractivity contribution is -0.120. The molecule has 0 saturated heterocycles. The van der Waals surface area contributed by atoms with Gasteiger partial charge in [-0.25, -0.2) is 0 Å². The minimum atomic E-state index is 0.0877. The second-order valence-corrected chi connectivity index (χ2v) is 5.66. The van der Waals surface area contributed by atoms with Crippen LogP contribution in [-0.4, -0.2) is 35.5 Å². The highest BCUT2D eigenvalue weighted by atomic mass is 32.2. The van der Waals surface area contributed by atoms with Crippen molar-refractivity contribution in [3.05, 3.63) is 0 Å². The molecule has 1 unspecified atom stereocenters. The molecule has 1 atom stereocenters. The van der Waals surface area contributed by atoms with Crippen molar-refractivity contribution >= 4 is 22.8 Å². The fourth-order valence-corrected chi connectivity index (χ4v) is 2.77. The molecular formula is C11H19N3OS. The number of rotatable bonds is 5. The summed E-state index contributed by atoms with van der Waals surface area (Å²) in [4.78, 5) is 15.8. The molecule has 1 saturated carbocycles. The van der Waals surface area contributed by atoms with Gasteiger partial charge in [-0.15, -0.1) is 0 Å². The average molecular weight is 241 g/mol. The smallest absolute Gasteiger partial charge is 0.239 e. The van der Waals surface area contributed by atoms with E-state index in [2.05, 4.69) is 22.5 Å². The number of carbonyl (C=O) groups is 1. The second kappa shape index (κ2) is 5.57. The molecular weight excluding hydrogens is 222 g/mol. The van der Waals surface area contributed by atoms with E-state index in [1.807, 2.05) is 0 Å². The lowest BCUT2D eigenvalue weighted by atomic mass is 10.2. The summed E-state index contributed by atoms with van der Waals surface area (Å²) in [7, 11) is 0. The Morgan fingerprint density at radius 1 is 1.56 bits per heavy atom. The van der Waals surface area contributed by atoms with Crippen molar-refractivity contribution in [2.75, 3.05) is 13.1 Å². The zero-order valence-electron chi connectivity index (χ0n) is 9.66. The van der Waals surface area contributed by atoms with Crippen LogP contribution in [0.25, 0.3) is 0 Å². The number of carbonyl (C=O) groups excluding carboxylic acids is 1. The summed E-state index contributed by atoms with van der Waals surface area (Å²) in [5, 5.41) is 7.60. The molecule has 2 rings (SSSR count). The van der Waals surface area contributed by atoms with Crippen LogP contribution in [0.2, 0.25) is 0 Å². The lowest BCUT2D eigenvalue weighted by Gasteiger charge is -2.07. The Bertz CT molecular complexity index is 289. The minimum absolute atomic E-state index is 0.0877. The number of amides is 1. The van der Waals surface area contributed by atoms with Crippen LogP contribution in [0.4, 0.5) is 0 Å². The molecule has 5 heteroatoms. The number of nitrogens with one attached hydrogen (secondary N) is 2. The minimum Gasteiger partial charge on any atom is -0.356 e. The maximum absolute atomic E-state index is 11.4. The normalized spacial score (nSPS) is 24.1. The molecule has 0 spiro atoms. The topological polar surface area (TPSA) is 53.5 Å². The maximum atomic E-state index is 11.4. The van der Waals surface area contributed by atoms with E-state index in [-0.39, 0.29) is 5.91 Å². The zero-order chi connectivity index (χ0) is 11.4. The van der Waals surface area contributed by atoms with Gasteiger partial charge >= 0.3 is 0 Å². The van der Waals surface area contributed by atoms with Crippen LogP contribution in [0.1, 0.15) is 32.6 Å². The predicted molar refractivity (Wildman–Crippen MR) is 67.8 cm³/mol. The van der Waals surface area contributed by atoms with Crippen molar-refractivity contribution in [2.45, 2.75) is 43.9 Å². The molecule has 2 N–H and O–H groups in total. The molecule has 0 aromatic rings. The third-order valence-corrected chi connectivity index (χ3v) is 3.88. The van der Waals surface area contributed by atoms with Crippen molar-refractivity contribution in [1.82, 2.24) is 10.6 Å². The van der Waals surface area contributed by atoms with Gasteiger partial charge in [-0.2, -0.15) is 0 Å². The Hall–Kier alpha value is -0.710. The summed E-state index contributed by atoms with van der Waals surface area (Å²) in [6, 6.07) is 0.445. The molecule has 16 heavy (non-hydrogen) atoms. The largest absolute Gasteiger partial charge is 0.356 e. The van der Waals surface area contributed by atoms with Gasteiger partial charge in [0.2, 0.25) is 5.91 Å². The van der Waals surface area contributed by atoms with Crippen LogP contribution >= 0.6 is 11.8 Å². The Morgan fingerprint density at radius 2 is 2.38 bits per heavy atom. The van der Waals surface area contributed by atoms with E-state index in [1.165, 1.54) is 12.8 Å². The first-order valence-electron chi connectivity index (χ1n) is 6.02. The van der Waals surface area contributed by atoms with Crippen LogP contribution in [-0.2, 0) is 4.79 Å². The fraction of sp³-hybridized carbons (Fsp3) is 0.818. The maximum Gasteiger partial charge on any atom is 0.239 e. The summed E-state index contributed by atoms with van der Waals surface area (Å²) in [5.74, 6) is 0.0877. The number of hydrogen-bond acceptors (Lipinski definition) is 4. The van der Waals surface area contributed by atoms with Crippen LogP contribution in [0.5, 0.6) is 0 Å². The van der Waals surface area contributed by atoms with Gasteiger partial charge in [-0.3, -0.25) is 9.79 Å². The molecule has 4 nitrogen and oxygen atoms in total. The molecule has 1 fully saturated rings. The fourth-order valence-electron chi connectivity index (χ4n) is 1.65. The van der Waals surface area contributed by atoms with E-state index >= 15 is 0 Å². The van der Waals surface area contributed by atoms with E-state index in [1.54, 1.807) is 11.8 Å². The number of nitrogens with zero attached hydrogens (tertiary/aromatic N) is 1. The Labute approximate surface area is 101 Å². The van der Waals surface area contributed by atoms with Crippen molar-refractivity contribution in [1.29, 1.82) is 0 Å². The zero-order valence-corrected chi connectivity index (χ0v) is 10.5. The molecule has 1 aliphatic carbocycles. The molecule has 1 amide bonds. The summed E-state index contributed by atoms with van der Waals surface area (Å²) < 4.78 is 0. The molecule has 1 heterocycles. The molecule has 0 aromatic carbocycles. The SMILES string of the molecule is CCCC1CN=C(NCC(=O)NC2CC2)S1.